The number of aromatic hydroxyl groups is 1. The molecule has 1 unspecified atom stereocenters. The van der Waals surface area contributed by atoms with Crippen molar-refractivity contribution in [1.82, 2.24) is 0 Å². The van der Waals surface area contributed by atoms with Gasteiger partial charge < -0.3 is 29.2 Å². The Morgan fingerprint density at radius 3 is 2.39 bits per heavy atom. The standard InChI is InChI=1S/C29H30O7/c1-33-23-16-18-24(19-17-23)35-29(22-11-5-3-6-12-22)34-20-21(10-4-2-7-15-27(31)32)28(36-29)25-13-8-9-14-26(25)30/h2-6,8-9,11-14,16-19,21,28,30H,7,10,15,20H2,1H3,(H,31,32)/t21?,28-,29-/m0/s1. The quantitative estimate of drug-likeness (QED) is 0.347. The molecule has 3 atom stereocenters. The van der Waals surface area contributed by atoms with E-state index in [4.69, 9.17) is 24.1 Å². The molecule has 1 aliphatic rings. The average molecular weight is 491 g/mol. The summed E-state index contributed by atoms with van der Waals surface area (Å²) < 4.78 is 24.6. The Bertz CT molecular complexity index is 1160. The molecule has 7 nitrogen and oxygen atoms in total. The van der Waals surface area contributed by atoms with Gasteiger partial charge in [0.1, 0.15) is 17.2 Å². The molecule has 1 fully saturated rings. The lowest BCUT2D eigenvalue weighted by atomic mass is 9.91. The molecular weight excluding hydrogens is 460 g/mol. The molecule has 4 rings (SSSR count). The van der Waals surface area contributed by atoms with Crippen molar-refractivity contribution in [2.75, 3.05) is 13.7 Å². The number of carboxylic acid groups (broad SMARTS) is 1. The number of benzene rings is 3. The zero-order chi connectivity index (χ0) is 25.4. The fraction of sp³-hybridized carbons (Fsp3) is 0.276. The van der Waals surface area contributed by atoms with Crippen molar-refractivity contribution in [1.29, 1.82) is 0 Å². The van der Waals surface area contributed by atoms with Gasteiger partial charge >= 0.3 is 11.9 Å². The number of phenolic OH excluding ortho intramolecular Hbond substituents is 1. The zero-order valence-corrected chi connectivity index (χ0v) is 20.1. The number of hydrogen-bond donors (Lipinski definition) is 2. The van der Waals surface area contributed by atoms with Crippen LogP contribution in [0.3, 0.4) is 0 Å². The summed E-state index contributed by atoms with van der Waals surface area (Å²) in [5, 5.41) is 19.6. The lowest BCUT2D eigenvalue weighted by Gasteiger charge is -2.44. The third-order valence-electron chi connectivity index (χ3n) is 6.01. The molecule has 3 aromatic rings. The number of carboxylic acids is 1. The van der Waals surface area contributed by atoms with Crippen molar-refractivity contribution in [3.63, 3.8) is 0 Å². The van der Waals surface area contributed by atoms with Gasteiger partial charge in [-0.05, 0) is 55.3 Å². The predicted molar refractivity (Wildman–Crippen MR) is 134 cm³/mol. The molecule has 0 saturated carbocycles. The van der Waals surface area contributed by atoms with Crippen LogP contribution in [-0.4, -0.2) is 29.9 Å². The molecule has 0 aromatic heterocycles. The third kappa shape index (κ3) is 6.05. The molecular formula is C29H30O7. The Balaban J connectivity index is 1.66. The molecule has 188 valence electrons. The molecule has 0 spiro atoms. The average Bonchev–Trinajstić information content (AvgIpc) is 2.90. The lowest BCUT2D eigenvalue weighted by Crippen LogP contribution is -2.47. The van der Waals surface area contributed by atoms with Crippen LogP contribution < -0.4 is 9.47 Å². The monoisotopic (exact) mass is 490 g/mol. The molecule has 7 heteroatoms. The Labute approximate surface area is 210 Å². The highest BCUT2D eigenvalue weighted by atomic mass is 16.9. The second-order valence-corrected chi connectivity index (χ2v) is 8.51. The van der Waals surface area contributed by atoms with Gasteiger partial charge in [-0.15, -0.1) is 0 Å². The van der Waals surface area contributed by atoms with Gasteiger partial charge in [-0.2, -0.15) is 0 Å². The first kappa shape index (κ1) is 25.3. The number of aliphatic carboxylic acids is 1. The summed E-state index contributed by atoms with van der Waals surface area (Å²) >= 11 is 0. The number of methoxy groups -OCH3 is 1. The molecule has 0 radical (unpaired) electrons. The second kappa shape index (κ2) is 11.7. The van der Waals surface area contributed by atoms with E-state index in [1.165, 1.54) is 0 Å². The van der Waals surface area contributed by atoms with Crippen molar-refractivity contribution < 1.29 is 34.0 Å². The van der Waals surface area contributed by atoms with Crippen LogP contribution in [-0.2, 0) is 20.2 Å². The molecule has 36 heavy (non-hydrogen) atoms. The van der Waals surface area contributed by atoms with E-state index < -0.39 is 18.0 Å². The maximum atomic E-state index is 10.8. The topological polar surface area (TPSA) is 94.5 Å². The molecule has 0 bridgehead atoms. The smallest absolute Gasteiger partial charge is 0.357 e. The summed E-state index contributed by atoms with van der Waals surface area (Å²) in [6.07, 6.45) is 4.33. The fourth-order valence-corrected chi connectivity index (χ4v) is 4.14. The van der Waals surface area contributed by atoms with E-state index in [1.807, 2.05) is 54.6 Å². The zero-order valence-electron chi connectivity index (χ0n) is 20.1. The lowest BCUT2D eigenvalue weighted by molar-refractivity contribution is -0.410. The van der Waals surface area contributed by atoms with Gasteiger partial charge in [-0.25, -0.2) is 0 Å². The molecule has 0 aliphatic carbocycles. The van der Waals surface area contributed by atoms with Crippen LogP contribution >= 0.6 is 0 Å². The number of hydrogen-bond acceptors (Lipinski definition) is 6. The maximum Gasteiger partial charge on any atom is 0.357 e. The van der Waals surface area contributed by atoms with E-state index >= 15 is 0 Å². The van der Waals surface area contributed by atoms with Crippen LogP contribution in [0.15, 0.2) is 91.0 Å². The van der Waals surface area contributed by atoms with Crippen LogP contribution in [0.4, 0.5) is 0 Å². The van der Waals surface area contributed by atoms with Crippen LogP contribution in [0.2, 0.25) is 0 Å². The molecule has 0 amide bonds. The SMILES string of the molecule is COc1ccc(O[C@]2(c3ccccc3)OCC(CC=CCCC(=O)O)[C@@H](c3ccccc3O)O2)cc1. The van der Waals surface area contributed by atoms with E-state index in [1.54, 1.807) is 43.5 Å². The van der Waals surface area contributed by atoms with E-state index in [0.29, 0.717) is 35.5 Å². The highest BCUT2D eigenvalue weighted by Gasteiger charge is 2.48. The van der Waals surface area contributed by atoms with Crippen molar-refractivity contribution in [2.24, 2.45) is 5.92 Å². The summed E-state index contributed by atoms with van der Waals surface area (Å²) in [7, 11) is 1.60. The first-order valence-electron chi connectivity index (χ1n) is 11.9. The van der Waals surface area contributed by atoms with E-state index in [2.05, 4.69) is 0 Å². The summed E-state index contributed by atoms with van der Waals surface area (Å²) in [6, 6.07) is 23.6. The summed E-state index contributed by atoms with van der Waals surface area (Å²) in [5.41, 5.74) is 1.31. The van der Waals surface area contributed by atoms with Gasteiger partial charge in [0.05, 0.1) is 25.4 Å². The van der Waals surface area contributed by atoms with Crippen LogP contribution in [0.5, 0.6) is 17.2 Å². The van der Waals surface area contributed by atoms with Crippen LogP contribution in [0, 0.1) is 5.92 Å². The molecule has 2 N–H and O–H groups in total. The van der Waals surface area contributed by atoms with Crippen molar-refractivity contribution in [3.8, 4) is 17.2 Å². The largest absolute Gasteiger partial charge is 0.508 e. The van der Waals surface area contributed by atoms with Gasteiger partial charge in [0, 0.05) is 17.9 Å². The minimum Gasteiger partial charge on any atom is -0.508 e. The Hall–Kier alpha value is -3.81. The number of phenols is 1. The van der Waals surface area contributed by atoms with Crippen molar-refractivity contribution in [3.05, 3.63) is 102 Å². The minimum absolute atomic E-state index is 0.0733. The summed E-state index contributed by atoms with van der Waals surface area (Å²) in [5.74, 6) is -1.18. The highest BCUT2D eigenvalue weighted by molar-refractivity contribution is 5.66. The summed E-state index contributed by atoms with van der Waals surface area (Å²) in [4.78, 5) is 10.8. The van der Waals surface area contributed by atoms with E-state index in [-0.39, 0.29) is 24.7 Å². The predicted octanol–water partition coefficient (Wildman–Crippen LogP) is 5.81. The van der Waals surface area contributed by atoms with Crippen molar-refractivity contribution in [2.45, 2.75) is 31.3 Å². The first-order chi connectivity index (χ1) is 17.5. The molecule has 1 heterocycles. The first-order valence-corrected chi connectivity index (χ1v) is 11.9. The molecule has 1 saturated heterocycles. The number of allylic oxidation sites excluding steroid dienone is 2. The summed E-state index contributed by atoms with van der Waals surface area (Å²) in [6.45, 7) is 0.285. The highest BCUT2D eigenvalue weighted by Crippen LogP contribution is 2.46. The molecule has 1 aliphatic heterocycles. The maximum absolute atomic E-state index is 10.8. The van der Waals surface area contributed by atoms with Gasteiger partial charge in [0.15, 0.2) is 0 Å². The normalized spacial score (nSPS) is 21.8. The molecule has 3 aromatic carbocycles. The van der Waals surface area contributed by atoms with Gasteiger partial charge in [0.2, 0.25) is 0 Å². The van der Waals surface area contributed by atoms with Crippen LogP contribution in [0.25, 0.3) is 0 Å². The Morgan fingerprint density at radius 2 is 1.69 bits per heavy atom. The third-order valence-corrected chi connectivity index (χ3v) is 6.01. The number of rotatable bonds is 10. The number of ether oxygens (including phenoxy) is 4. The Morgan fingerprint density at radius 1 is 1.00 bits per heavy atom. The fourth-order valence-electron chi connectivity index (χ4n) is 4.14. The van der Waals surface area contributed by atoms with Crippen molar-refractivity contribution >= 4 is 5.97 Å². The minimum atomic E-state index is -1.55. The Kier molecular flexibility index (Phi) is 8.25. The van der Waals surface area contributed by atoms with Gasteiger partial charge in [-0.1, -0.05) is 48.6 Å². The van der Waals surface area contributed by atoms with Gasteiger partial charge in [-0.3, -0.25) is 4.79 Å². The number of para-hydroxylation sites is 1. The second-order valence-electron chi connectivity index (χ2n) is 8.51. The van der Waals surface area contributed by atoms with Gasteiger partial charge in [0.25, 0.3) is 0 Å². The van der Waals surface area contributed by atoms with Crippen LogP contribution in [0.1, 0.15) is 36.5 Å². The van der Waals surface area contributed by atoms with E-state index in [9.17, 15) is 9.90 Å². The number of carbonyl (C=O) groups is 1. The van der Waals surface area contributed by atoms with E-state index in [0.717, 1.165) is 0 Å².